The molecule has 0 unspecified atom stereocenters. The summed E-state index contributed by atoms with van der Waals surface area (Å²) >= 11 is 2.69. The molecule has 0 aromatic carbocycles. The van der Waals surface area contributed by atoms with Crippen LogP contribution < -0.4 is 10.1 Å². The van der Waals surface area contributed by atoms with Crippen molar-refractivity contribution in [3.8, 4) is 5.06 Å². The molecule has 0 bridgehead atoms. The molecule has 11 heteroatoms. The number of anilines is 1. The molecule has 2 aromatic heterocycles. The molecule has 29 heavy (non-hydrogen) atoms. The summed E-state index contributed by atoms with van der Waals surface area (Å²) in [6.45, 7) is 6.59. The minimum atomic E-state index is -1.26. The number of carbonyl (C=O) groups excluding carboxylic acids is 2. The lowest BCUT2D eigenvalue weighted by Crippen LogP contribution is -2.57. The highest BCUT2D eigenvalue weighted by atomic mass is 32.1. The minimum Gasteiger partial charge on any atom is -0.464 e. The summed E-state index contributed by atoms with van der Waals surface area (Å²) in [5, 5.41) is 16.6. The highest BCUT2D eigenvalue weighted by Gasteiger charge is 2.34. The van der Waals surface area contributed by atoms with E-state index in [0.717, 1.165) is 20.6 Å². The second kappa shape index (κ2) is 9.23. The predicted octanol–water partition coefficient (Wildman–Crippen LogP) is 4.07. The monoisotopic (exact) mass is 440 g/mol. The van der Waals surface area contributed by atoms with Gasteiger partial charge in [0.25, 0.3) is 0 Å². The smallest absolute Gasteiger partial charge is 0.435 e. The molecule has 2 rings (SSSR count). The standard InChI is InChI=1S/C18H24N4O5S2/c1-11(23)19-15-20-12(10-28-15)6-7-13-8-9-14(29-13)27-17(26)22(18(2,3)4)21(5)16(24)25/h8-10H,6-7H2,1-5H3,(H,24,25)(H,19,20,23). The molecule has 158 valence electrons. The molecule has 2 heterocycles. The summed E-state index contributed by atoms with van der Waals surface area (Å²) in [6.07, 6.45) is -0.649. The molecule has 0 spiro atoms. The van der Waals surface area contributed by atoms with E-state index in [1.165, 1.54) is 36.6 Å². The Morgan fingerprint density at radius 1 is 1.24 bits per heavy atom. The van der Waals surface area contributed by atoms with E-state index in [1.807, 2.05) is 11.4 Å². The summed E-state index contributed by atoms with van der Waals surface area (Å²) in [5.74, 6) is -0.159. The van der Waals surface area contributed by atoms with E-state index in [2.05, 4.69) is 10.3 Å². The number of aromatic nitrogens is 1. The number of nitrogens with one attached hydrogen (secondary N) is 1. The fourth-order valence-corrected chi connectivity index (χ4v) is 4.13. The molecular formula is C18H24N4O5S2. The summed E-state index contributed by atoms with van der Waals surface area (Å²) in [7, 11) is 1.29. The first-order valence-corrected chi connectivity index (χ1v) is 10.5. The normalized spacial score (nSPS) is 11.1. The maximum Gasteiger partial charge on any atom is 0.435 e. The zero-order valence-corrected chi connectivity index (χ0v) is 18.5. The van der Waals surface area contributed by atoms with Crippen LogP contribution in [0, 0.1) is 0 Å². The Morgan fingerprint density at radius 3 is 2.52 bits per heavy atom. The highest BCUT2D eigenvalue weighted by molar-refractivity contribution is 7.14. The van der Waals surface area contributed by atoms with Gasteiger partial charge >= 0.3 is 12.2 Å². The van der Waals surface area contributed by atoms with Crippen molar-refractivity contribution in [3.63, 3.8) is 0 Å². The lowest BCUT2D eigenvalue weighted by Gasteiger charge is -2.38. The number of hydrazine groups is 1. The van der Waals surface area contributed by atoms with Gasteiger partial charge < -0.3 is 15.2 Å². The average Bonchev–Trinajstić information content (AvgIpc) is 3.20. The average molecular weight is 441 g/mol. The Hall–Kier alpha value is -2.66. The number of nitrogens with zero attached hydrogens (tertiary/aromatic N) is 3. The van der Waals surface area contributed by atoms with Crippen LogP contribution in [0.1, 0.15) is 38.3 Å². The van der Waals surface area contributed by atoms with Crippen molar-refractivity contribution in [2.24, 2.45) is 0 Å². The van der Waals surface area contributed by atoms with Crippen LogP contribution in [0.25, 0.3) is 0 Å². The molecule has 0 fully saturated rings. The van der Waals surface area contributed by atoms with E-state index in [4.69, 9.17) is 4.74 Å². The minimum absolute atomic E-state index is 0.159. The van der Waals surface area contributed by atoms with Crippen molar-refractivity contribution < 1.29 is 24.2 Å². The van der Waals surface area contributed by atoms with E-state index in [9.17, 15) is 19.5 Å². The van der Waals surface area contributed by atoms with E-state index in [0.29, 0.717) is 23.0 Å². The molecule has 0 atom stereocenters. The number of carbonyl (C=O) groups is 3. The SMILES string of the molecule is CC(=O)Nc1nc(CCc2ccc(OC(=O)N(N(C)C(=O)O)C(C)(C)C)s2)cs1. The van der Waals surface area contributed by atoms with Crippen LogP contribution in [0.3, 0.4) is 0 Å². The number of hydrogen-bond acceptors (Lipinski definition) is 7. The number of hydrogen-bond donors (Lipinski definition) is 2. The van der Waals surface area contributed by atoms with Gasteiger partial charge in [-0.05, 0) is 45.7 Å². The maximum absolute atomic E-state index is 12.5. The Balaban J connectivity index is 1.98. The van der Waals surface area contributed by atoms with Crippen molar-refractivity contribution in [3.05, 3.63) is 28.1 Å². The number of carboxylic acid groups (broad SMARTS) is 1. The molecule has 0 aliphatic heterocycles. The summed E-state index contributed by atoms with van der Waals surface area (Å²) in [4.78, 5) is 40.2. The topological polar surface area (TPSA) is 112 Å². The van der Waals surface area contributed by atoms with E-state index >= 15 is 0 Å². The zero-order valence-electron chi connectivity index (χ0n) is 16.9. The van der Waals surface area contributed by atoms with Gasteiger partial charge in [-0.3, -0.25) is 4.79 Å². The molecule has 9 nitrogen and oxygen atoms in total. The second-order valence-electron chi connectivity index (χ2n) is 7.20. The third kappa shape index (κ3) is 6.43. The molecular weight excluding hydrogens is 416 g/mol. The quantitative estimate of drug-likeness (QED) is 0.678. The largest absolute Gasteiger partial charge is 0.464 e. The first-order chi connectivity index (χ1) is 13.5. The van der Waals surface area contributed by atoms with Crippen LogP contribution in [0.2, 0.25) is 0 Å². The number of ether oxygens (including phenoxy) is 1. The molecule has 0 aliphatic rings. The van der Waals surface area contributed by atoms with Gasteiger partial charge in [-0.1, -0.05) is 0 Å². The Morgan fingerprint density at radius 2 is 1.93 bits per heavy atom. The van der Waals surface area contributed by atoms with Gasteiger partial charge in [-0.15, -0.1) is 22.7 Å². The summed E-state index contributed by atoms with van der Waals surface area (Å²) < 4.78 is 5.39. The predicted molar refractivity (Wildman–Crippen MR) is 112 cm³/mol. The van der Waals surface area contributed by atoms with Gasteiger partial charge in [0.2, 0.25) is 5.91 Å². The van der Waals surface area contributed by atoms with Gasteiger partial charge in [-0.25, -0.2) is 24.6 Å². The third-order valence-corrected chi connectivity index (χ3v) is 5.50. The lowest BCUT2D eigenvalue weighted by molar-refractivity contribution is -0.114. The summed E-state index contributed by atoms with van der Waals surface area (Å²) in [5.41, 5.74) is 0.0910. The van der Waals surface area contributed by atoms with Crippen molar-refractivity contribution in [1.82, 2.24) is 15.0 Å². The van der Waals surface area contributed by atoms with E-state index in [-0.39, 0.29) is 5.91 Å². The molecule has 0 saturated carbocycles. The number of thiophene rings is 1. The van der Waals surface area contributed by atoms with Crippen LogP contribution in [0.4, 0.5) is 14.7 Å². The zero-order chi connectivity index (χ0) is 21.8. The molecule has 0 radical (unpaired) electrons. The van der Waals surface area contributed by atoms with Gasteiger partial charge in [-0.2, -0.15) is 0 Å². The number of thiazole rings is 1. The molecule has 0 saturated heterocycles. The first-order valence-electron chi connectivity index (χ1n) is 8.76. The van der Waals surface area contributed by atoms with Gasteiger partial charge in [0.1, 0.15) is 0 Å². The molecule has 2 N–H and O–H groups in total. The highest BCUT2D eigenvalue weighted by Crippen LogP contribution is 2.28. The number of aryl methyl sites for hydroxylation is 2. The molecule has 3 amide bonds. The summed E-state index contributed by atoms with van der Waals surface area (Å²) in [6, 6.07) is 3.54. The fraction of sp³-hybridized carbons (Fsp3) is 0.444. The van der Waals surface area contributed by atoms with Gasteiger partial charge in [0.05, 0.1) is 11.2 Å². The number of amides is 3. The second-order valence-corrected chi connectivity index (χ2v) is 9.19. The van der Waals surface area contributed by atoms with Crippen molar-refractivity contribution in [2.45, 2.75) is 46.1 Å². The number of rotatable bonds is 5. The van der Waals surface area contributed by atoms with Crippen molar-refractivity contribution in [2.75, 3.05) is 12.4 Å². The Labute approximate surface area is 176 Å². The van der Waals surface area contributed by atoms with Crippen LogP contribution >= 0.6 is 22.7 Å². The molecule has 2 aromatic rings. The van der Waals surface area contributed by atoms with E-state index < -0.39 is 17.7 Å². The first kappa shape index (κ1) is 22.6. The van der Waals surface area contributed by atoms with Gasteiger partial charge in [0.15, 0.2) is 10.2 Å². The third-order valence-electron chi connectivity index (χ3n) is 3.67. The van der Waals surface area contributed by atoms with Crippen LogP contribution in [0.5, 0.6) is 5.06 Å². The van der Waals surface area contributed by atoms with Crippen LogP contribution in [0.15, 0.2) is 17.5 Å². The maximum atomic E-state index is 12.5. The molecule has 0 aliphatic carbocycles. The van der Waals surface area contributed by atoms with Gasteiger partial charge in [0, 0.05) is 24.2 Å². The van der Waals surface area contributed by atoms with Crippen LogP contribution in [-0.4, -0.2) is 50.8 Å². The lowest BCUT2D eigenvalue weighted by atomic mass is 10.1. The Kier molecular flexibility index (Phi) is 7.20. The van der Waals surface area contributed by atoms with E-state index in [1.54, 1.807) is 26.8 Å². The van der Waals surface area contributed by atoms with Crippen LogP contribution in [-0.2, 0) is 17.6 Å². The van der Waals surface area contributed by atoms with Crippen molar-refractivity contribution >= 4 is 45.9 Å². The Bertz CT molecular complexity index is 887. The fourth-order valence-electron chi connectivity index (χ4n) is 2.49. The van der Waals surface area contributed by atoms with Crippen molar-refractivity contribution in [1.29, 1.82) is 0 Å².